The lowest BCUT2D eigenvalue weighted by Gasteiger charge is -2.40. The molecule has 39 heavy (non-hydrogen) atoms. The number of alkyl carbamates (subject to hydrolysis) is 1. The number of allylic oxidation sites excluding steroid dienone is 1. The lowest BCUT2D eigenvalue weighted by molar-refractivity contribution is -0.142. The van der Waals surface area contributed by atoms with Gasteiger partial charge >= 0.3 is 6.09 Å². The number of carbonyl (C=O) groups excluding carboxylic acids is 3. The van der Waals surface area contributed by atoms with E-state index in [9.17, 15) is 14.4 Å². The number of fused-ring (bicyclic) bond motifs is 2. The Morgan fingerprint density at radius 3 is 2.56 bits per heavy atom. The fraction of sp³-hybridized carbons (Fsp3) is 0.633. The number of nitrogens with one attached hydrogen (secondary N) is 1. The second-order valence-electron chi connectivity index (χ2n) is 12.1. The lowest BCUT2D eigenvalue weighted by Crippen LogP contribution is -2.60. The van der Waals surface area contributed by atoms with Crippen LogP contribution in [0, 0.1) is 5.92 Å². The van der Waals surface area contributed by atoms with Gasteiger partial charge in [0.25, 0.3) is 0 Å². The summed E-state index contributed by atoms with van der Waals surface area (Å²) in [7, 11) is 0. The summed E-state index contributed by atoms with van der Waals surface area (Å²) in [6.07, 6.45) is 4.52. The van der Waals surface area contributed by atoms with Crippen LogP contribution in [0.5, 0.6) is 5.75 Å². The highest BCUT2D eigenvalue weighted by Crippen LogP contribution is 2.30. The molecule has 0 spiro atoms. The number of benzene rings is 1. The van der Waals surface area contributed by atoms with Gasteiger partial charge in [-0.25, -0.2) is 4.79 Å². The molecule has 1 aromatic carbocycles. The predicted molar refractivity (Wildman–Crippen MR) is 151 cm³/mol. The van der Waals surface area contributed by atoms with E-state index in [2.05, 4.69) is 42.8 Å². The van der Waals surface area contributed by atoms with Gasteiger partial charge in [0, 0.05) is 24.8 Å². The monoisotopic (exact) mass is 542 g/mol. The topological polar surface area (TPSA) is 114 Å². The smallest absolute Gasteiger partial charge is 0.408 e. The number of hydrogen-bond donors (Lipinski definition) is 2. The Morgan fingerprint density at radius 2 is 1.92 bits per heavy atom. The van der Waals surface area contributed by atoms with Crippen LogP contribution in [0.2, 0.25) is 0 Å². The molecule has 0 aliphatic carbocycles. The maximum absolute atomic E-state index is 13.4. The van der Waals surface area contributed by atoms with Gasteiger partial charge in [-0.15, -0.1) is 0 Å². The average molecular weight is 543 g/mol. The maximum atomic E-state index is 13.4. The number of para-hydroxylation sites is 1. The van der Waals surface area contributed by atoms with E-state index in [1.807, 2.05) is 12.1 Å². The van der Waals surface area contributed by atoms with Gasteiger partial charge in [-0.3, -0.25) is 9.59 Å². The molecule has 9 nitrogen and oxygen atoms in total. The van der Waals surface area contributed by atoms with Gasteiger partial charge < -0.3 is 30.3 Å². The molecular weight excluding hydrogens is 496 g/mol. The van der Waals surface area contributed by atoms with Gasteiger partial charge in [0.15, 0.2) is 0 Å². The molecule has 3 aliphatic rings. The highest BCUT2D eigenvalue weighted by molar-refractivity contribution is 5.91. The molecule has 9 heteroatoms. The standard InChI is InChI=1S/C21H36N4O4.C9H10O/c1-13(2)11-14(3)24-10-9-15-7-8-17(18(22)26)25(15)19(27)16(12-24)23-20(28)29-21(4,5)6;1-2-6-9-8(4-1)5-3-7-10-9/h13,15-17H,3,7-12H2,1-2,4-6H3,(H2,22,26)(H,23,28);1-2,4,6H,3,5,7H2. The second-order valence-corrected chi connectivity index (χ2v) is 12.1. The Bertz CT molecular complexity index is 1010. The number of ether oxygens (including phenoxy) is 2. The molecule has 0 aromatic heterocycles. The molecule has 3 amide bonds. The van der Waals surface area contributed by atoms with E-state index in [4.69, 9.17) is 15.2 Å². The minimum absolute atomic E-state index is 0.0717. The molecule has 2 fully saturated rings. The Hall–Kier alpha value is -3.23. The van der Waals surface area contributed by atoms with Crippen molar-refractivity contribution in [2.45, 2.75) is 96.9 Å². The molecule has 3 N–H and O–H groups in total. The molecule has 216 valence electrons. The summed E-state index contributed by atoms with van der Waals surface area (Å²) in [5.41, 5.74) is 7.17. The summed E-state index contributed by atoms with van der Waals surface area (Å²) >= 11 is 0. The number of rotatable bonds is 5. The maximum Gasteiger partial charge on any atom is 0.408 e. The van der Waals surface area contributed by atoms with Gasteiger partial charge in [-0.2, -0.15) is 0 Å². The fourth-order valence-corrected chi connectivity index (χ4v) is 5.39. The van der Waals surface area contributed by atoms with Crippen LogP contribution in [0.4, 0.5) is 4.79 Å². The molecule has 0 radical (unpaired) electrons. The van der Waals surface area contributed by atoms with Crippen LogP contribution >= 0.6 is 0 Å². The number of primary amides is 1. The van der Waals surface area contributed by atoms with Crippen molar-refractivity contribution < 1.29 is 23.9 Å². The Labute approximate surface area is 233 Å². The third-order valence-electron chi connectivity index (χ3n) is 7.12. The number of aryl methyl sites for hydroxylation is 1. The SMILES string of the molecule is C=C(CC(C)C)N1CCC2CCC(C(N)=O)N2C(=O)C(NC(=O)OC(C)(C)C)C1.c1ccc2c(c1)CCCO2. The van der Waals surface area contributed by atoms with E-state index in [1.54, 1.807) is 25.7 Å². The number of amides is 3. The first-order chi connectivity index (χ1) is 18.4. The second kappa shape index (κ2) is 13.2. The fourth-order valence-electron chi connectivity index (χ4n) is 5.39. The lowest BCUT2D eigenvalue weighted by atomic mass is 10.0. The summed E-state index contributed by atoms with van der Waals surface area (Å²) in [4.78, 5) is 41.3. The normalized spacial score (nSPS) is 22.8. The largest absolute Gasteiger partial charge is 0.493 e. The van der Waals surface area contributed by atoms with E-state index >= 15 is 0 Å². The number of hydrogen-bond acceptors (Lipinski definition) is 6. The molecule has 1 aromatic rings. The van der Waals surface area contributed by atoms with Crippen molar-refractivity contribution in [2.75, 3.05) is 19.7 Å². The zero-order valence-electron chi connectivity index (χ0n) is 24.2. The van der Waals surface area contributed by atoms with Crippen LogP contribution in [0.25, 0.3) is 0 Å². The molecule has 0 bridgehead atoms. The van der Waals surface area contributed by atoms with Crippen LogP contribution in [0.3, 0.4) is 0 Å². The Kier molecular flexibility index (Phi) is 10.3. The first-order valence-electron chi connectivity index (χ1n) is 14.1. The third-order valence-corrected chi connectivity index (χ3v) is 7.12. The summed E-state index contributed by atoms with van der Waals surface area (Å²) < 4.78 is 10.8. The molecule has 3 atom stereocenters. The van der Waals surface area contributed by atoms with E-state index < -0.39 is 29.7 Å². The van der Waals surface area contributed by atoms with Crippen LogP contribution in [-0.4, -0.2) is 71.1 Å². The van der Waals surface area contributed by atoms with Crippen molar-refractivity contribution in [2.24, 2.45) is 11.7 Å². The van der Waals surface area contributed by atoms with Gasteiger partial charge in [0.1, 0.15) is 23.4 Å². The average Bonchev–Trinajstić information content (AvgIpc) is 3.27. The van der Waals surface area contributed by atoms with Crippen LogP contribution < -0.4 is 15.8 Å². The Balaban J connectivity index is 0.000000346. The zero-order chi connectivity index (χ0) is 28.7. The first-order valence-corrected chi connectivity index (χ1v) is 14.1. The zero-order valence-corrected chi connectivity index (χ0v) is 24.2. The molecule has 4 rings (SSSR count). The number of carbonyl (C=O) groups is 3. The molecule has 3 heterocycles. The van der Waals surface area contributed by atoms with E-state index in [0.717, 1.165) is 43.7 Å². The number of nitrogens with two attached hydrogens (primary N) is 1. The van der Waals surface area contributed by atoms with Crippen molar-refractivity contribution in [3.63, 3.8) is 0 Å². The minimum Gasteiger partial charge on any atom is -0.493 e. The van der Waals surface area contributed by atoms with Gasteiger partial charge in [-0.05, 0) is 76.8 Å². The quantitative estimate of drug-likeness (QED) is 0.581. The first kappa shape index (κ1) is 30.3. The third kappa shape index (κ3) is 8.63. The Morgan fingerprint density at radius 1 is 1.21 bits per heavy atom. The molecule has 0 saturated carbocycles. The van der Waals surface area contributed by atoms with Crippen molar-refractivity contribution >= 4 is 17.9 Å². The van der Waals surface area contributed by atoms with E-state index in [0.29, 0.717) is 25.4 Å². The summed E-state index contributed by atoms with van der Waals surface area (Å²) in [5, 5.41) is 2.72. The van der Waals surface area contributed by atoms with Crippen molar-refractivity contribution in [3.05, 3.63) is 42.1 Å². The van der Waals surface area contributed by atoms with Gasteiger partial charge in [0.2, 0.25) is 11.8 Å². The van der Waals surface area contributed by atoms with Crippen LogP contribution in [0.1, 0.15) is 72.3 Å². The highest BCUT2D eigenvalue weighted by atomic mass is 16.6. The van der Waals surface area contributed by atoms with Gasteiger partial charge in [0.05, 0.1) is 6.61 Å². The highest BCUT2D eigenvalue weighted by Gasteiger charge is 2.44. The summed E-state index contributed by atoms with van der Waals surface area (Å²) in [6, 6.07) is 6.72. The summed E-state index contributed by atoms with van der Waals surface area (Å²) in [6.45, 7) is 15.6. The molecule has 3 aliphatic heterocycles. The van der Waals surface area contributed by atoms with Crippen LogP contribution in [-0.2, 0) is 20.7 Å². The van der Waals surface area contributed by atoms with E-state index in [-0.39, 0.29) is 11.9 Å². The predicted octanol–water partition coefficient (Wildman–Crippen LogP) is 4.00. The van der Waals surface area contributed by atoms with Gasteiger partial charge in [-0.1, -0.05) is 38.6 Å². The van der Waals surface area contributed by atoms with Crippen LogP contribution in [0.15, 0.2) is 36.5 Å². The summed E-state index contributed by atoms with van der Waals surface area (Å²) in [5.74, 6) is 0.722. The van der Waals surface area contributed by atoms with Crippen molar-refractivity contribution in [1.82, 2.24) is 15.1 Å². The van der Waals surface area contributed by atoms with Crippen molar-refractivity contribution in [1.29, 1.82) is 0 Å². The molecule has 2 saturated heterocycles. The van der Waals surface area contributed by atoms with E-state index in [1.165, 1.54) is 12.0 Å². The van der Waals surface area contributed by atoms with Crippen molar-refractivity contribution in [3.8, 4) is 5.75 Å². The number of nitrogens with zero attached hydrogens (tertiary/aromatic N) is 2. The minimum atomic E-state index is -0.837. The molecular formula is C30H46N4O5. The molecule has 3 unspecified atom stereocenters.